The fourth-order valence-corrected chi connectivity index (χ4v) is 3.06. The Labute approximate surface area is 156 Å². The largest absolute Gasteiger partial charge is 0.484 e. The second kappa shape index (κ2) is 7.86. The molecule has 1 atom stereocenters. The number of nitrogens with one attached hydrogen (secondary N) is 1. The molecule has 3 aromatic carbocycles. The molecular weight excluding hydrogens is 344 g/mol. The Morgan fingerprint density at radius 2 is 1.89 bits per heavy atom. The lowest BCUT2D eigenvalue weighted by molar-refractivity contribution is -0.385. The highest BCUT2D eigenvalue weighted by Crippen LogP contribution is 2.25. The smallest absolute Gasteiger partial charge is 0.272 e. The number of nitro groups is 1. The van der Waals surface area contributed by atoms with Gasteiger partial charge >= 0.3 is 0 Å². The van der Waals surface area contributed by atoms with Crippen LogP contribution in [0.4, 0.5) is 5.69 Å². The number of nitrogens with zero attached hydrogens (tertiary/aromatic N) is 1. The molecule has 6 nitrogen and oxygen atoms in total. The summed E-state index contributed by atoms with van der Waals surface area (Å²) in [6.45, 7) is 3.40. The van der Waals surface area contributed by atoms with Gasteiger partial charge < -0.3 is 10.1 Å². The molecule has 0 radical (unpaired) electrons. The summed E-state index contributed by atoms with van der Waals surface area (Å²) < 4.78 is 5.47. The molecule has 6 heteroatoms. The third-order valence-corrected chi connectivity index (χ3v) is 4.40. The zero-order valence-corrected chi connectivity index (χ0v) is 15.1. The minimum atomic E-state index is -0.447. The zero-order valence-electron chi connectivity index (χ0n) is 15.1. The van der Waals surface area contributed by atoms with Crippen LogP contribution in [0.2, 0.25) is 0 Å². The van der Waals surface area contributed by atoms with E-state index in [4.69, 9.17) is 4.74 Å². The maximum absolute atomic E-state index is 12.3. The Morgan fingerprint density at radius 1 is 1.15 bits per heavy atom. The standard InChI is InChI=1S/C21H20N2O4/c1-14-12-17(10-11-20(14)23(25)26)27-13-21(24)22-15(2)18-9-5-7-16-6-3-4-8-19(16)18/h3-12,15H,13H2,1-2H3,(H,22,24)/t15-/m1/s1. The highest BCUT2D eigenvalue weighted by Gasteiger charge is 2.14. The van der Waals surface area contributed by atoms with Crippen LogP contribution in [0.3, 0.4) is 0 Å². The molecular formula is C21H20N2O4. The Bertz CT molecular complexity index is 995. The van der Waals surface area contributed by atoms with Crippen molar-refractivity contribution in [3.63, 3.8) is 0 Å². The molecule has 0 heterocycles. The minimum absolute atomic E-state index is 0.0244. The van der Waals surface area contributed by atoms with Gasteiger partial charge in [-0.3, -0.25) is 14.9 Å². The molecule has 0 aliphatic carbocycles. The Morgan fingerprint density at radius 3 is 2.63 bits per heavy atom. The first-order valence-electron chi connectivity index (χ1n) is 8.60. The van der Waals surface area contributed by atoms with E-state index in [1.54, 1.807) is 13.0 Å². The summed E-state index contributed by atoms with van der Waals surface area (Å²) in [5.41, 5.74) is 1.55. The highest BCUT2D eigenvalue weighted by molar-refractivity contribution is 5.87. The van der Waals surface area contributed by atoms with Crippen molar-refractivity contribution < 1.29 is 14.5 Å². The van der Waals surface area contributed by atoms with Crippen LogP contribution in [-0.4, -0.2) is 17.4 Å². The molecule has 0 saturated carbocycles. The van der Waals surface area contributed by atoms with E-state index in [1.807, 2.05) is 49.4 Å². The second-order valence-electron chi connectivity index (χ2n) is 6.35. The van der Waals surface area contributed by atoms with Gasteiger partial charge in [-0.1, -0.05) is 42.5 Å². The Kier molecular flexibility index (Phi) is 5.35. The monoisotopic (exact) mass is 364 g/mol. The van der Waals surface area contributed by atoms with Crippen molar-refractivity contribution >= 4 is 22.4 Å². The Balaban J connectivity index is 1.64. The van der Waals surface area contributed by atoms with Crippen molar-refractivity contribution in [2.24, 2.45) is 0 Å². The van der Waals surface area contributed by atoms with E-state index in [9.17, 15) is 14.9 Å². The predicted molar refractivity (Wildman–Crippen MR) is 104 cm³/mol. The van der Waals surface area contributed by atoms with Gasteiger partial charge in [0.2, 0.25) is 0 Å². The molecule has 0 spiro atoms. The summed E-state index contributed by atoms with van der Waals surface area (Å²) >= 11 is 0. The van der Waals surface area contributed by atoms with Gasteiger partial charge in [-0.15, -0.1) is 0 Å². The average Bonchev–Trinajstić information content (AvgIpc) is 2.65. The summed E-state index contributed by atoms with van der Waals surface area (Å²) in [7, 11) is 0. The SMILES string of the molecule is Cc1cc(OCC(=O)N[C@H](C)c2cccc3ccccc23)ccc1[N+](=O)[O-]. The number of carbonyl (C=O) groups excluding carboxylic acids is 1. The molecule has 27 heavy (non-hydrogen) atoms. The molecule has 1 N–H and O–H groups in total. The van der Waals surface area contributed by atoms with Crippen LogP contribution >= 0.6 is 0 Å². The zero-order chi connectivity index (χ0) is 19.4. The summed E-state index contributed by atoms with van der Waals surface area (Å²) in [6.07, 6.45) is 0. The molecule has 1 amide bonds. The van der Waals surface area contributed by atoms with E-state index < -0.39 is 4.92 Å². The number of fused-ring (bicyclic) bond motifs is 1. The van der Waals surface area contributed by atoms with E-state index in [2.05, 4.69) is 5.32 Å². The van der Waals surface area contributed by atoms with Crippen molar-refractivity contribution in [1.82, 2.24) is 5.32 Å². The molecule has 3 aromatic rings. The van der Waals surface area contributed by atoms with Gasteiger partial charge in [0.25, 0.3) is 11.6 Å². The van der Waals surface area contributed by atoms with E-state index >= 15 is 0 Å². The summed E-state index contributed by atoms with van der Waals surface area (Å²) in [5.74, 6) is 0.164. The molecule has 138 valence electrons. The maximum atomic E-state index is 12.3. The van der Waals surface area contributed by atoms with Gasteiger partial charge in [-0.2, -0.15) is 0 Å². The molecule has 0 aliphatic heterocycles. The van der Waals surface area contributed by atoms with Gasteiger partial charge in [0, 0.05) is 11.6 Å². The molecule has 3 rings (SSSR count). The summed E-state index contributed by atoms with van der Waals surface area (Å²) in [5, 5.41) is 16.0. The second-order valence-corrected chi connectivity index (χ2v) is 6.35. The quantitative estimate of drug-likeness (QED) is 0.522. The van der Waals surface area contributed by atoms with Crippen LogP contribution in [0.15, 0.2) is 60.7 Å². The van der Waals surface area contributed by atoms with Gasteiger partial charge in [-0.05, 0) is 42.3 Å². The van der Waals surface area contributed by atoms with Crippen LogP contribution in [0.1, 0.15) is 24.1 Å². The number of amides is 1. The van der Waals surface area contributed by atoms with Crippen LogP contribution in [-0.2, 0) is 4.79 Å². The average molecular weight is 364 g/mol. The van der Waals surface area contributed by atoms with Gasteiger partial charge in [0.15, 0.2) is 6.61 Å². The number of hydrogen-bond donors (Lipinski definition) is 1. The molecule has 0 fully saturated rings. The molecule has 0 aromatic heterocycles. The van der Waals surface area contributed by atoms with Crippen LogP contribution < -0.4 is 10.1 Å². The van der Waals surface area contributed by atoms with E-state index in [0.29, 0.717) is 11.3 Å². The first-order chi connectivity index (χ1) is 13.0. The molecule has 0 unspecified atom stereocenters. The molecule has 0 bridgehead atoms. The van der Waals surface area contributed by atoms with Gasteiger partial charge in [-0.25, -0.2) is 0 Å². The first kappa shape index (κ1) is 18.4. The lowest BCUT2D eigenvalue weighted by atomic mass is 10.00. The number of nitro benzene ring substituents is 1. The van der Waals surface area contributed by atoms with E-state index in [0.717, 1.165) is 16.3 Å². The minimum Gasteiger partial charge on any atom is -0.484 e. The van der Waals surface area contributed by atoms with Crippen molar-refractivity contribution in [2.75, 3.05) is 6.61 Å². The number of hydrogen-bond acceptors (Lipinski definition) is 4. The summed E-state index contributed by atoms with van der Waals surface area (Å²) in [6, 6.07) is 18.3. The van der Waals surface area contributed by atoms with Crippen LogP contribution in [0.25, 0.3) is 10.8 Å². The summed E-state index contributed by atoms with van der Waals surface area (Å²) in [4.78, 5) is 22.7. The van der Waals surface area contributed by atoms with Crippen molar-refractivity contribution in [1.29, 1.82) is 0 Å². The Hall–Kier alpha value is -3.41. The van der Waals surface area contributed by atoms with Crippen LogP contribution in [0.5, 0.6) is 5.75 Å². The first-order valence-corrected chi connectivity index (χ1v) is 8.60. The number of carbonyl (C=O) groups is 1. The molecule has 0 saturated heterocycles. The normalized spacial score (nSPS) is 11.8. The number of rotatable bonds is 6. The number of benzene rings is 3. The van der Waals surface area contributed by atoms with E-state index in [-0.39, 0.29) is 24.2 Å². The number of aryl methyl sites for hydroxylation is 1. The maximum Gasteiger partial charge on any atom is 0.272 e. The van der Waals surface area contributed by atoms with Crippen molar-refractivity contribution in [3.8, 4) is 5.75 Å². The topological polar surface area (TPSA) is 81.5 Å². The lowest BCUT2D eigenvalue weighted by Crippen LogP contribution is -2.31. The van der Waals surface area contributed by atoms with Gasteiger partial charge in [0.1, 0.15) is 5.75 Å². The van der Waals surface area contributed by atoms with Crippen molar-refractivity contribution in [2.45, 2.75) is 19.9 Å². The third kappa shape index (κ3) is 4.23. The van der Waals surface area contributed by atoms with Crippen molar-refractivity contribution in [3.05, 3.63) is 81.9 Å². The number of ether oxygens (including phenoxy) is 1. The third-order valence-electron chi connectivity index (χ3n) is 4.40. The predicted octanol–water partition coefficient (Wildman–Crippen LogP) is 4.31. The van der Waals surface area contributed by atoms with E-state index in [1.165, 1.54) is 12.1 Å². The highest BCUT2D eigenvalue weighted by atomic mass is 16.6. The fourth-order valence-electron chi connectivity index (χ4n) is 3.06. The van der Waals surface area contributed by atoms with Gasteiger partial charge in [0.05, 0.1) is 11.0 Å². The van der Waals surface area contributed by atoms with Crippen LogP contribution in [0, 0.1) is 17.0 Å². The fraction of sp³-hybridized carbons (Fsp3) is 0.190. The molecule has 0 aliphatic rings. The lowest BCUT2D eigenvalue weighted by Gasteiger charge is -2.17.